The summed E-state index contributed by atoms with van der Waals surface area (Å²) in [6.45, 7) is 13.4. The van der Waals surface area contributed by atoms with E-state index >= 15 is 0 Å². The van der Waals surface area contributed by atoms with Crippen LogP contribution in [-0.2, 0) is 20.9 Å². The van der Waals surface area contributed by atoms with Crippen molar-refractivity contribution in [1.82, 2.24) is 15.5 Å². The fourth-order valence-electron chi connectivity index (χ4n) is 4.11. The lowest BCUT2D eigenvalue weighted by atomic mass is 9.92. The fourth-order valence-corrected chi connectivity index (χ4v) is 4.11. The van der Waals surface area contributed by atoms with Crippen LogP contribution in [0.25, 0.3) is 0 Å². The topological polar surface area (TPSA) is 87.7 Å². The standard InChI is InChI=1S/C29H41N3O4/c1-9-19(2)24(31-28(35)36-29(5,6)7)27(34)32(8)25(23-20(3)14-13-15-21(23)4)26(33)30-18-22-16-11-10-12-17-22/h10-17,19,24-25H,9,18H2,1-8H3,(H,30,33)(H,31,35). The van der Waals surface area contributed by atoms with Crippen LogP contribution < -0.4 is 10.6 Å². The summed E-state index contributed by atoms with van der Waals surface area (Å²) in [4.78, 5) is 41.5. The van der Waals surface area contributed by atoms with E-state index < -0.39 is 23.8 Å². The zero-order chi connectivity index (χ0) is 27.0. The number of hydrogen-bond donors (Lipinski definition) is 2. The highest BCUT2D eigenvalue weighted by Crippen LogP contribution is 2.28. The van der Waals surface area contributed by atoms with E-state index in [2.05, 4.69) is 10.6 Å². The number of ether oxygens (including phenoxy) is 1. The fraction of sp³-hybridized carbons (Fsp3) is 0.483. The number of hydrogen-bond acceptors (Lipinski definition) is 4. The molecule has 196 valence electrons. The van der Waals surface area contributed by atoms with Crippen molar-refractivity contribution in [2.45, 2.75) is 79.1 Å². The number of carbonyl (C=O) groups is 3. The van der Waals surface area contributed by atoms with E-state index in [0.29, 0.717) is 13.0 Å². The number of likely N-dealkylation sites (N-methyl/N-ethyl adjacent to an activating group) is 1. The van der Waals surface area contributed by atoms with Crippen LogP contribution >= 0.6 is 0 Å². The molecule has 0 fully saturated rings. The Morgan fingerprint density at radius 1 is 0.972 bits per heavy atom. The number of nitrogens with zero attached hydrogens (tertiary/aromatic N) is 1. The van der Waals surface area contributed by atoms with Crippen molar-refractivity contribution in [3.63, 3.8) is 0 Å². The van der Waals surface area contributed by atoms with Crippen molar-refractivity contribution < 1.29 is 19.1 Å². The first-order chi connectivity index (χ1) is 16.9. The van der Waals surface area contributed by atoms with Gasteiger partial charge in [0, 0.05) is 13.6 Å². The summed E-state index contributed by atoms with van der Waals surface area (Å²) in [6, 6.07) is 13.7. The second-order valence-electron chi connectivity index (χ2n) is 10.4. The molecule has 0 saturated carbocycles. The van der Waals surface area contributed by atoms with Crippen molar-refractivity contribution in [2.75, 3.05) is 7.05 Å². The molecule has 0 saturated heterocycles. The normalized spacial score (nSPS) is 13.8. The molecular weight excluding hydrogens is 454 g/mol. The summed E-state index contributed by atoms with van der Waals surface area (Å²) < 4.78 is 5.41. The van der Waals surface area contributed by atoms with Crippen LogP contribution in [0.3, 0.4) is 0 Å². The van der Waals surface area contributed by atoms with E-state index in [9.17, 15) is 14.4 Å². The quantitative estimate of drug-likeness (QED) is 0.509. The van der Waals surface area contributed by atoms with Gasteiger partial charge in [0.2, 0.25) is 11.8 Å². The molecule has 0 aliphatic carbocycles. The summed E-state index contributed by atoms with van der Waals surface area (Å²) in [5.74, 6) is -0.802. The van der Waals surface area contributed by atoms with Gasteiger partial charge in [0.25, 0.3) is 0 Å². The minimum atomic E-state index is -0.866. The number of aryl methyl sites for hydroxylation is 2. The number of nitrogens with one attached hydrogen (secondary N) is 2. The van der Waals surface area contributed by atoms with E-state index in [-0.39, 0.29) is 17.7 Å². The Balaban J connectivity index is 2.40. The molecule has 2 aromatic carbocycles. The average Bonchev–Trinajstić information content (AvgIpc) is 2.81. The third-order valence-corrected chi connectivity index (χ3v) is 6.26. The third kappa shape index (κ3) is 7.83. The summed E-state index contributed by atoms with van der Waals surface area (Å²) >= 11 is 0. The number of benzene rings is 2. The summed E-state index contributed by atoms with van der Waals surface area (Å²) in [7, 11) is 1.62. The molecule has 7 heteroatoms. The maximum Gasteiger partial charge on any atom is 0.408 e. The van der Waals surface area contributed by atoms with Gasteiger partial charge in [-0.15, -0.1) is 0 Å². The van der Waals surface area contributed by atoms with Crippen LogP contribution in [0.5, 0.6) is 0 Å². The molecule has 3 amide bonds. The van der Waals surface area contributed by atoms with E-state index in [1.54, 1.807) is 27.8 Å². The van der Waals surface area contributed by atoms with Crippen LogP contribution in [0.15, 0.2) is 48.5 Å². The van der Waals surface area contributed by atoms with Gasteiger partial charge in [0.15, 0.2) is 0 Å². The molecule has 0 bridgehead atoms. The molecule has 36 heavy (non-hydrogen) atoms. The smallest absolute Gasteiger partial charge is 0.408 e. The highest BCUT2D eigenvalue weighted by Gasteiger charge is 2.37. The average molecular weight is 496 g/mol. The lowest BCUT2D eigenvalue weighted by Crippen LogP contribution is -2.54. The third-order valence-electron chi connectivity index (χ3n) is 6.26. The molecule has 2 N–H and O–H groups in total. The van der Waals surface area contributed by atoms with Crippen molar-refractivity contribution >= 4 is 17.9 Å². The Labute approximate surface area is 215 Å². The van der Waals surface area contributed by atoms with Crippen LogP contribution in [-0.4, -0.2) is 41.5 Å². The maximum absolute atomic E-state index is 13.8. The largest absolute Gasteiger partial charge is 0.444 e. The van der Waals surface area contributed by atoms with Gasteiger partial charge in [-0.1, -0.05) is 68.8 Å². The van der Waals surface area contributed by atoms with Gasteiger partial charge in [-0.05, 0) is 62.8 Å². The van der Waals surface area contributed by atoms with Gasteiger partial charge in [-0.3, -0.25) is 9.59 Å². The van der Waals surface area contributed by atoms with Crippen molar-refractivity contribution in [3.8, 4) is 0 Å². The zero-order valence-corrected chi connectivity index (χ0v) is 22.8. The first kappa shape index (κ1) is 28.9. The molecule has 0 aliphatic heterocycles. The molecule has 0 heterocycles. The van der Waals surface area contributed by atoms with Crippen molar-refractivity contribution in [2.24, 2.45) is 5.92 Å². The lowest BCUT2D eigenvalue weighted by Gasteiger charge is -2.34. The van der Waals surface area contributed by atoms with Gasteiger partial charge < -0.3 is 20.3 Å². The number of amides is 3. The van der Waals surface area contributed by atoms with Crippen molar-refractivity contribution in [3.05, 3.63) is 70.8 Å². The second-order valence-corrected chi connectivity index (χ2v) is 10.4. The maximum atomic E-state index is 13.8. The van der Waals surface area contributed by atoms with E-state index in [4.69, 9.17) is 4.74 Å². The van der Waals surface area contributed by atoms with Crippen LogP contribution in [0.4, 0.5) is 4.79 Å². The molecule has 0 aliphatic rings. The Kier molecular flexibility index (Phi) is 10.1. The highest BCUT2D eigenvalue weighted by atomic mass is 16.6. The molecule has 0 spiro atoms. The zero-order valence-electron chi connectivity index (χ0n) is 22.8. The van der Waals surface area contributed by atoms with E-state index in [1.165, 1.54) is 4.90 Å². The van der Waals surface area contributed by atoms with Crippen LogP contribution in [0, 0.1) is 19.8 Å². The molecule has 3 atom stereocenters. The summed E-state index contributed by atoms with van der Waals surface area (Å²) in [6.07, 6.45) is 0.000557. The number of alkyl carbamates (subject to hydrolysis) is 1. The van der Waals surface area contributed by atoms with Crippen molar-refractivity contribution in [1.29, 1.82) is 0 Å². The molecule has 0 aromatic heterocycles. The predicted molar refractivity (Wildman–Crippen MR) is 142 cm³/mol. The van der Waals surface area contributed by atoms with E-state index in [1.807, 2.05) is 76.2 Å². The van der Waals surface area contributed by atoms with E-state index in [0.717, 1.165) is 22.3 Å². The number of carbonyl (C=O) groups excluding carboxylic acids is 3. The molecule has 2 rings (SSSR count). The molecular formula is C29H41N3O4. The Hall–Kier alpha value is -3.35. The molecule has 2 aromatic rings. The second kappa shape index (κ2) is 12.6. The summed E-state index contributed by atoms with van der Waals surface area (Å²) in [5, 5.41) is 5.75. The van der Waals surface area contributed by atoms with Crippen LogP contribution in [0.1, 0.15) is 69.3 Å². The highest BCUT2D eigenvalue weighted by molar-refractivity contribution is 5.92. The minimum absolute atomic E-state index is 0.168. The Bertz CT molecular complexity index is 1030. The SMILES string of the molecule is CCC(C)C(NC(=O)OC(C)(C)C)C(=O)N(C)C(C(=O)NCc1ccccc1)c1c(C)cccc1C. The summed E-state index contributed by atoms with van der Waals surface area (Å²) in [5.41, 5.74) is 2.87. The van der Waals surface area contributed by atoms with Gasteiger partial charge in [0.1, 0.15) is 17.7 Å². The molecule has 7 nitrogen and oxygen atoms in total. The molecule has 3 unspecified atom stereocenters. The first-order valence-corrected chi connectivity index (χ1v) is 12.5. The van der Waals surface area contributed by atoms with Gasteiger partial charge in [-0.25, -0.2) is 4.79 Å². The Morgan fingerprint density at radius 3 is 2.08 bits per heavy atom. The number of rotatable bonds is 9. The predicted octanol–water partition coefficient (Wildman–Crippen LogP) is 5.06. The monoisotopic (exact) mass is 495 g/mol. The van der Waals surface area contributed by atoms with Gasteiger partial charge in [-0.2, -0.15) is 0 Å². The Morgan fingerprint density at radius 2 is 1.56 bits per heavy atom. The minimum Gasteiger partial charge on any atom is -0.444 e. The van der Waals surface area contributed by atoms with Gasteiger partial charge in [0.05, 0.1) is 0 Å². The molecule has 0 radical (unpaired) electrons. The van der Waals surface area contributed by atoms with Crippen LogP contribution in [0.2, 0.25) is 0 Å². The van der Waals surface area contributed by atoms with Gasteiger partial charge >= 0.3 is 6.09 Å². The lowest BCUT2D eigenvalue weighted by molar-refractivity contribution is -0.141. The first-order valence-electron chi connectivity index (χ1n) is 12.5.